The Bertz CT molecular complexity index is 420. The van der Waals surface area contributed by atoms with Gasteiger partial charge in [-0.05, 0) is 26.6 Å². The Morgan fingerprint density at radius 1 is 1.59 bits per heavy atom. The molecule has 1 fully saturated rings. The molecular formula is C11H17N5S. The minimum atomic E-state index is 0.317. The predicted octanol–water partition coefficient (Wildman–Crippen LogP) is 0.251. The topological polar surface area (TPSA) is 58.3 Å². The maximum atomic E-state index is 5.57. The second-order valence-corrected chi connectivity index (χ2v) is 4.90. The van der Waals surface area contributed by atoms with E-state index in [1.165, 1.54) is 0 Å². The van der Waals surface area contributed by atoms with Gasteiger partial charge < -0.3 is 15.5 Å². The number of aromatic nitrogens is 2. The summed E-state index contributed by atoms with van der Waals surface area (Å²) in [4.78, 5) is 13.4. The van der Waals surface area contributed by atoms with Crippen LogP contribution in [-0.2, 0) is 0 Å². The Kier molecular flexibility index (Phi) is 3.54. The molecule has 1 aromatic heterocycles. The molecule has 2 rings (SSSR count). The quantitative estimate of drug-likeness (QED) is 0.777. The minimum Gasteiger partial charge on any atom is -0.388 e. The van der Waals surface area contributed by atoms with Gasteiger partial charge in [-0.25, -0.2) is 9.97 Å². The van der Waals surface area contributed by atoms with Gasteiger partial charge in [-0.1, -0.05) is 12.2 Å². The molecule has 1 unspecified atom stereocenters. The van der Waals surface area contributed by atoms with Crippen molar-refractivity contribution in [1.29, 1.82) is 0 Å². The second kappa shape index (κ2) is 4.93. The molecule has 2 N–H and O–H groups in total. The summed E-state index contributed by atoms with van der Waals surface area (Å²) in [5.74, 6) is 0.722. The van der Waals surface area contributed by atoms with Gasteiger partial charge in [0.05, 0.1) is 0 Å². The molecule has 2 heterocycles. The number of rotatable bonds is 3. The average molecular weight is 251 g/mol. The van der Waals surface area contributed by atoms with Crippen LogP contribution in [0.2, 0.25) is 0 Å². The zero-order valence-corrected chi connectivity index (χ0v) is 10.9. The van der Waals surface area contributed by atoms with Crippen LogP contribution in [0.5, 0.6) is 0 Å². The SMILES string of the molecule is CN(C)C1CCN(c2nccc(C(N)=S)n2)C1. The van der Waals surface area contributed by atoms with Crippen molar-refractivity contribution in [2.75, 3.05) is 32.1 Å². The van der Waals surface area contributed by atoms with E-state index in [0.29, 0.717) is 16.7 Å². The maximum absolute atomic E-state index is 5.57. The van der Waals surface area contributed by atoms with Gasteiger partial charge in [0.25, 0.3) is 0 Å². The summed E-state index contributed by atoms with van der Waals surface area (Å²) < 4.78 is 0. The van der Waals surface area contributed by atoms with Crippen molar-refractivity contribution in [2.45, 2.75) is 12.5 Å². The molecule has 0 amide bonds. The predicted molar refractivity (Wildman–Crippen MR) is 72.2 cm³/mol. The first kappa shape index (κ1) is 12.2. The van der Waals surface area contributed by atoms with Gasteiger partial charge in [0.15, 0.2) is 0 Å². The largest absolute Gasteiger partial charge is 0.388 e. The highest BCUT2D eigenvalue weighted by atomic mass is 32.1. The Morgan fingerprint density at radius 2 is 2.35 bits per heavy atom. The van der Waals surface area contributed by atoms with Crippen LogP contribution in [0.4, 0.5) is 5.95 Å². The van der Waals surface area contributed by atoms with Crippen molar-refractivity contribution in [3.05, 3.63) is 18.0 Å². The number of hydrogen-bond acceptors (Lipinski definition) is 5. The lowest BCUT2D eigenvalue weighted by Crippen LogP contribution is -2.32. The molecule has 17 heavy (non-hydrogen) atoms. The Morgan fingerprint density at radius 3 is 2.94 bits per heavy atom. The van der Waals surface area contributed by atoms with Crippen LogP contribution < -0.4 is 10.6 Å². The summed E-state index contributed by atoms with van der Waals surface area (Å²) in [5.41, 5.74) is 6.21. The zero-order chi connectivity index (χ0) is 12.4. The maximum Gasteiger partial charge on any atom is 0.225 e. The lowest BCUT2D eigenvalue weighted by molar-refractivity contribution is 0.315. The van der Waals surface area contributed by atoms with Gasteiger partial charge in [-0.2, -0.15) is 0 Å². The summed E-state index contributed by atoms with van der Waals surface area (Å²) in [7, 11) is 4.20. The average Bonchev–Trinajstić information content (AvgIpc) is 2.78. The van der Waals surface area contributed by atoms with E-state index in [4.69, 9.17) is 18.0 Å². The van der Waals surface area contributed by atoms with Crippen molar-refractivity contribution in [1.82, 2.24) is 14.9 Å². The highest BCUT2D eigenvalue weighted by Gasteiger charge is 2.25. The molecule has 1 aliphatic heterocycles. The number of nitrogens with two attached hydrogens (primary N) is 1. The molecule has 0 aromatic carbocycles. The molecule has 1 atom stereocenters. The van der Waals surface area contributed by atoms with Crippen LogP contribution in [0.15, 0.2) is 12.3 Å². The Hall–Kier alpha value is -1.27. The van der Waals surface area contributed by atoms with Gasteiger partial charge in [-0.15, -0.1) is 0 Å². The Balaban J connectivity index is 2.13. The second-order valence-electron chi connectivity index (χ2n) is 4.46. The van der Waals surface area contributed by atoms with Crippen LogP contribution in [0, 0.1) is 0 Å². The molecule has 92 valence electrons. The van der Waals surface area contributed by atoms with E-state index in [0.717, 1.165) is 25.5 Å². The third-order valence-corrected chi connectivity index (χ3v) is 3.28. The van der Waals surface area contributed by atoms with Gasteiger partial charge in [-0.3, -0.25) is 0 Å². The van der Waals surface area contributed by atoms with Crippen molar-refractivity contribution in [2.24, 2.45) is 5.73 Å². The molecule has 5 nitrogen and oxygen atoms in total. The fraction of sp³-hybridized carbons (Fsp3) is 0.545. The van der Waals surface area contributed by atoms with Crippen LogP contribution in [0.3, 0.4) is 0 Å². The van der Waals surface area contributed by atoms with Gasteiger partial charge >= 0.3 is 0 Å². The lowest BCUT2D eigenvalue weighted by atomic mass is 10.2. The summed E-state index contributed by atoms with van der Waals surface area (Å²) in [6, 6.07) is 2.30. The van der Waals surface area contributed by atoms with E-state index >= 15 is 0 Å². The van der Waals surface area contributed by atoms with E-state index in [9.17, 15) is 0 Å². The van der Waals surface area contributed by atoms with Gasteiger partial charge in [0, 0.05) is 25.3 Å². The number of hydrogen-bond donors (Lipinski definition) is 1. The minimum absolute atomic E-state index is 0.317. The van der Waals surface area contributed by atoms with E-state index in [1.807, 2.05) is 0 Å². The zero-order valence-electron chi connectivity index (χ0n) is 10.1. The molecule has 1 aromatic rings. The first-order valence-electron chi connectivity index (χ1n) is 5.62. The van der Waals surface area contributed by atoms with Crippen LogP contribution >= 0.6 is 12.2 Å². The number of anilines is 1. The summed E-state index contributed by atoms with van der Waals surface area (Å²) in [5, 5.41) is 0. The number of nitrogens with zero attached hydrogens (tertiary/aromatic N) is 4. The number of likely N-dealkylation sites (N-methyl/N-ethyl adjacent to an activating group) is 1. The fourth-order valence-corrected chi connectivity index (χ4v) is 2.10. The summed E-state index contributed by atoms with van der Waals surface area (Å²) in [6.45, 7) is 1.93. The molecule has 1 saturated heterocycles. The molecule has 1 aliphatic rings. The summed E-state index contributed by atoms with van der Waals surface area (Å²) in [6.07, 6.45) is 2.84. The van der Waals surface area contributed by atoms with E-state index < -0.39 is 0 Å². The highest BCUT2D eigenvalue weighted by molar-refractivity contribution is 7.80. The van der Waals surface area contributed by atoms with Crippen LogP contribution in [0.25, 0.3) is 0 Å². The van der Waals surface area contributed by atoms with Crippen LogP contribution in [-0.4, -0.2) is 53.1 Å². The molecule has 0 bridgehead atoms. The fourth-order valence-electron chi connectivity index (χ4n) is 1.98. The van der Waals surface area contributed by atoms with E-state index in [-0.39, 0.29) is 0 Å². The first-order chi connectivity index (χ1) is 8.08. The van der Waals surface area contributed by atoms with Crippen LogP contribution in [0.1, 0.15) is 12.1 Å². The molecular weight excluding hydrogens is 234 g/mol. The third-order valence-electron chi connectivity index (χ3n) is 3.07. The molecule has 0 spiro atoms. The normalized spacial score (nSPS) is 19.9. The van der Waals surface area contributed by atoms with Crippen molar-refractivity contribution in [3.8, 4) is 0 Å². The third kappa shape index (κ3) is 2.70. The monoisotopic (exact) mass is 251 g/mol. The highest BCUT2D eigenvalue weighted by Crippen LogP contribution is 2.18. The lowest BCUT2D eigenvalue weighted by Gasteiger charge is -2.20. The smallest absolute Gasteiger partial charge is 0.225 e. The molecule has 6 heteroatoms. The number of thiocarbonyl (C=S) groups is 1. The van der Waals surface area contributed by atoms with E-state index in [1.54, 1.807) is 12.3 Å². The standard InChI is InChI=1S/C11H17N5S/c1-15(2)8-4-6-16(7-8)11-13-5-3-9(14-11)10(12)17/h3,5,8H,4,6-7H2,1-2H3,(H2,12,17). The van der Waals surface area contributed by atoms with Crippen molar-refractivity contribution >= 4 is 23.2 Å². The molecule has 0 saturated carbocycles. The summed E-state index contributed by atoms with van der Waals surface area (Å²) >= 11 is 4.92. The van der Waals surface area contributed by atoms with E-state index in [2.05, 4.69) is 33.9 Å². The van der Waals surface area contributed by atoms with Gasteiger partial charge in [0.2, 0.25) is 5.95 Å². The van der Waals surface area contributed by atoms with Crippen molar-refractivity contribution in [3.63, 3.8) is 0 Å². The first-order valence-corrected chi connectivity index (χ1v) is 6.03. The Labute approximate surface area is 107 Å². The van der Waals surface area contributed by atoms with Crippen molar-refractivity contribution < 1.29 is 0 Å². The molecule has 0 radical (unpaired) electrons. The van der Waals surface area contributed by atoms with Gasteiger partial charge in [0.1, 0.15) is 10.7 Å². The molecule has 0 aliphatic carbocycles.